The molecule has 0 saturated heterocycles. The molecule has 0 aromatic heterocycles. The summed E-state index contributed by atoms with van der Waals surface area (Å²) < 4.78 is 6.61. The summed E-state index contributed by atoms with van der Waals surface area (Å²) in [6.45, 7) is 27.9. The van der Waals surface area contributed by atoms with Gasteiger partial charge in [-0.15, -0.1) is 0 Å². The van der Waals surface area contributed by atoms with Crippen molar-refractivity contribution in [3.05, 3.63) is 60.7 Å². The summed E-state index contributed by atoms with van der Waals surface area (Å²) in [5.74, 6) is 7.69. The highest BCUT2D eigenvalue weighted by atomic mass is 28.4. The van der Waals surface area contributed by atoms with Crippen molar-refractivity contribution in [1.29, 1.82) is 0 Å². The van der Waals surface area contributed by atoms with Gasteiger partial charge in [0.25, 0.3) is 8.32 Å². The van der Waals surface area contributed by atoms with Crippen LogP contribution in [0.3, 0.4) is 0 Å². The molecule has 4 atom stereocenters. The zero-order valence-electron chi connectivity index (χ0n) is 30.4. The Labute approximate surface area is 270 Å². The molecule has 0 bridgehead atoms. The van der Waals surface area contributed by atoms with E-state index in [-0.39, 0.29) is 6.10 Å². The maximum Gasteiger partial charge on any atom is 0.258 e. The largest absolute Gasteiger partial charge is 0.405 e. The van der Waals surface area contributed by atoms with Crippen LogP contribution in [-0.4, -0.2) is 14.4 Å². The third-order valence-corrected chi connectivity index (χ3v) is 15.4. The Morgan fingerprint density at radius 1 is 0.465 bits per heavy atom. The van der Waals surface area contributed by atoms with Crippen molar-refractivity contribution in [3.63, 3.8) is 0 Å². The van der Waals surface area contributed by atoms with Gasteiger partial charge in [0.15, 0.2) is 0 Å². The predicted molar refractivity (Wildman–Crippen MR) is 195 cm³/mol. The molecule has 2 aromatic rings. The van der Waals surface area contributed by atoms with Crippen molar-refractivity contribution in [1.82, 2.24) is 0 Å². The van der Waals surface area contributed by atoms with Crippen molar-refractivity contribution in [2.24, 2.45) is 47.3 Å². The van der Waals surface area contributed by atoms with Crippen molar-refractivity contribution in [2.75, 3.05) is 0 Å². The van der Waals surface area contributed by atoms with Gasteiger partial charge in [-0.3, -0.25) is 0 Å². The average molecular weight is 607 g/mol. The first-order valence-corrected chi connectivity index (χ1v) is 20.1. The molecule has 0 heterocycles. The Morgan fingerprint density at radius 2 is 0.767 bits per heavy atom. The molecule has 0 spiro atoms. The highest BCUT2D eigenvalue weighted by Crippen LogP contribution is 2.41. The topological polar surface area (TPSA) is 9.23 Å². The maximum atomic E-state index is 6.61. The van der Waals surface area contributed by atoms with Crippen LogP contribution in [0.2, 0.25) is 5.54 Å². The van der Waals surface area contributed by atoms with Gasteiger partial charge in [-0.05, 0) is 103 Å². The molecule has 0 radical (unpaired) electrons. The third-order valence-electron chi connectivity index (χ3n) is 10.6. The quantitative estimate of drug-likeness (QED) is 0.258. The van der Waals surface area contributed by atoms with Gasteiger partial charge in [0.2, 0.25) is 0 Å². The van der Waals surface area contributed by atoms with Gasteiger partial charge >= 0.3 is 0 Å². The molecule has 2 aliphatic carbocycles. The van der Waals surface area contributed by atoms with Crippen LogP contribution in [0.4, 0.5) is 0 Å². The van der Waals surface area contributed by atoms with E-state index in [1.54, 1.807) is 0 Å². The molecule has 2 aliphatic rings. The SMILES string of the molecule is CC(C)C1CCCC1C(C)C.CC(C)C1CCCCC1C(C)C.CC(C)O[Si](c1ccccc1)(c1ccccc1)C(C)C. The van der Waals surface area contributed by atoms with Crippen LogP contribution in [0, 0.1) is 47.3 Å². The Bertz CT molecular complexity index is 908. The van der Waals surface area contributed by atoms with E-state index in [0.29, 0.717) is 5.54 Å². The standard InChI is InChI=1S/C18H24OSi.C12H24.C11H22/c1-15(2)19-20(16(3)4,17-11-7-5-8-12-17)18-13-9-6-10-14-18;1-9(2)11-7-5-6-8-12(11)10(3)4;1-8(2)10-6-5-7-11(10)9(3)4/h5-16H,1-4H3;9-12H,5-8H2,1-4H3;8-11H,5-7H2,1-4H3. The van der Waals surface area contributed by atoms with Gasteiger partial charge in [-0.25, -0.2) is 0 Å². The lowest BCUT2D eigenvalue weighted by Gasteiger charge is -2.37. The van der Waals surface area contributed by atoms with E-state index in [0.717, 1.165) is 47.3 Å². The average Bonchev–Trinajstić information content (AvgIpc) is 3.48. The van der Waals surface area contributed by atoms with Gasteiger partial charge in [0.1, 0.15) is 0 Å². The molecule has 2 saturated carbocycles. The summed E-state index contributed by atoms with van der Waals surface area (Å²) in [6, 6.07) is 21.5. The molecule has 0 aliphatic heterocycles. The summed E-state index contributed by atoms with van der Waals surface area (Å²) in [7, 11) is -2.19. The van der Waals surface area contributed by atoms with Crippen molar-refractivity contribution in [3.8, 4) is 0 Å². The second kappa shape index (κ2) is 18.6. The van der Waals surface area contributed by atoms with Gasteiger partial charge in [-0.2, -0.15) is 0 Å². The van der Waals surface area contributed by atoms with E-state index in [4.69, 9.17) is 4.43 Å². The van der Waals surface area contributed by atoms with Crippen molar-refractivity contribution >= 4 is 18.7 Å². The Kier molecular flexibility index (Phi) is 16.3. The third kappa shape index (κ3) is 10.9. The van der Waals surface area contributed by atoms with E-state index in [2.05, 4.69) is 144 Å². The Hall–Kier alpha value is -1.38. The van der Waals surface area contributed by atoms with E-state index in [1.165, 1.54) is 55.3 Å². The number of hydrogen-bond acceptors (Lipinski definition) is 1. The normalized spacial score (nSPS) is 22.7. The summed E-state index contributed by atoms with van der Waals surface area (Å²) in [5.41, 5.74) is 0.481. The highest BCUT2D eigenvalue weighted by molar-refractivity contribution is 6.98. The minimum atomic E-state index is -2.19. The number of rotatable bonds is 9. The molecule has 2 fully saturated rings. The second-order valence-electron chi connectivity index (χ2n) is 15.6. The van der Waals surface area contributed by atoms with Crippen LogP contribution in [0.15, 0.2) is 60.7 Å². The van der Waals surface area contributed by atoms with Gasteiger partial charge in [0.05, 0.1) is 0 Å². The highest BCUT2D eigenvalue weighted by Gasteiger charge is 2.43. The molecule has 43 heavy (non-hydrogen) atoms. The molecular weight excluding hydrogens is 537 g/mol. The van der Waals surface area contributed by atoms with Gasteiger partial charge < -0.3 is 4.43 Å². The van der Waals surface area contributed by atoms with E-state index >= 15 is 0 Å². The van der Waals surface area contributed by atoms with E-state index < -0.39 is 8.32 Å². The predicted octanol–water partition coefficient (Wildman–Crippen LogP) is 11.4. The summed E-state index contributed by atoms with van der Waals surface area (Å²) in [6.07, 6.45) is 10.6. The molecule has 244 valence electrons. The molecule has 1 nitrogen and oxygen atoms in total. The lowest BCUT2D eigenvalue weighted by atomic mass is 9.69. The molecule has 2 heteroatoms. The van der Waals surface area contributed by atoms with Gasteiger partial charge in [-0.1, -0.05) is 149 Å². The molecule has 0 N–H and O–H groups in total. The zero-order chi connectivity index (χ0) is 32.2. The minimum Gasteiger partial charge on any atom is -0.405 e. The maximum absolute atomic E-state index is 6.61. The lowest BCUT2D eigenvalue weighted by Crippen LogP contribution is -2.63. The minimum absolute atomic E-state index is 0.226. The lowest BCUT2D eigenvalue weighted by molar-refractivity contribution is 0.136. The fraction of sp³-hybridized carbons (Fsp3) is 0.707. The second-order valence-corrected chi connectivity index (χ2v) is 19.7. The van der Waals surface area contributed by atoms with Crippen LogP contribution in [0.1, 0.15) is 128 Å². The smallest absolute Gasteiger partial charge is 0.258 e. The molecule has 4 rings (SSSR count). The number of hydrogen-bond donors (Lipinski definition) is 0. The first-order chi connectivity index (χ1) is 20.3. The fourth-order valence-corrected chi connectivity index (χ4v) is 12.7. The summed E-state index contributed by atoms with van der Waals surface area (Å²) in [5, 5.41) is 2.71. The van der Waals surface area contributed by atoms with Crippen LogP contribution in [0.25, 0.3) is 0 Å². The fourth-order valence-electron chi connectivity index (χ4n) is 8.37. The Balaban J connectivity index is 0.000000241. The monoisotopic (exact) mass is 607 g/mol. The molecule has 2 aromatic carbocycles. The Morgan fingerprint density at radius 3 is 1.02 bits per heavy atom. The van der Waals surface area contributed by atoms with Crippen molar-refractivity contribution in [2.45, 2.75) is 140 Å². The van der Waals surface area contributed by atoms with Crippen LogP contribution in [-0.2, 0) is 4.43 Å². The molecular formula is C41H70OSi. The van der Waals surface area contributed by atoms with Gasteiger partial charge in [0, 0.05) is 6.10 Å². The van der Waals surface area contributed by atoms with Crippen LogP contribution in [0.5, 0.6) is 0 Å². The van der Waals surface area contributed by atoms with Crippen molar-refractivity contribution < 1.29 is 4.43 Å². The first-order valence-electron chi connectivity index (χ1n) is 18.1. The summed E-state index contributed by atoms with van der Waals surface area (Å²) in [4.78, 5) is 0. The molecule has 0 amide bonds. The van der Waals surface area contributed by atoms with E-state index in [9.17, 15) is 0 Å². The first kappa shape index (κ1) is 37.8. The number of benzene rings is 2. The molecule has 4 unspecified atom stereocenters. The van der Waals surface area contributed by atoms with E-state index in [1.807, 2.05) is 0 Å². The van der Waals surface area contributed by atoms with Crippen LogP contribution < -0.4 is 10.4 Å². The van der Waals surface area contributed by atoms with Crippen LogP contribution >= 0.6 is 0 Å². The zero-order valence-corrected chi connectivity index (χ0v) is 31.4. The summed E-state index contributed by atoms with van der Waals surface area (Å²) >= 11 is 0.